The first-order chi connectivity index (χ1) is 14.0. The predicted octanol–water partition coefficient (Wildman–Crippen LogP) is 0.998. The number of nitrogens with zero attached hydrogens (tertiary/aromatic N) is 4. The van der Waals surface area contributed by atoms with Gasteiger partial charge in [0.2, 0.25) is 0 Å². The van der Waals surface area contributed by atoms with Crippen molar-refractivity contribution in [3.8, 4) is 5.75 Å². The molecule has 0 bridgehead atoms. The van der Waals surface area contributed by atoms with Crippen molar-refractivity contribution in [1.82, 2.24) is 19.2 Å². The van der Waals surface area contributed by atoms with Gasteiger partial charge in [-0.25, -0.2) is 4.68 Å². The van der Waals surface area contributed by atoms with Crippen LogP contribution in [-0.2, 0) is 31.0 Å². The Hall–Kier alpha value is -2.45. The molecule has 1 aromatic carbocycles. The summed E-state index contributed by atoms with van der Waals surface area (Å²) in [6.07, 6.45) is 3.04. The maximum absolute atomic E-state index is 12.7. The maximum Gasteiger partial charge on any atom is 0.332 e. The second-order valence-electron chi connectivity index (χ2n) is 8.52. The third-order valence-corrected chi connectivity index (χ3v) is 6.23. The minimum Gasteiger partial charge on any atom is -0.497 e. The summed E-state index contributed by atoms with van der Waals surface area (Å²) in [5.74, 6) is 1.89. The summed E-state index contributed by atoms with van der Waals surface area (Å²) in [7, 11) is 1.67. The van der Waals surface area contributed by atoms with E-state index < -0.39 is 16.7 Å². The Labute approximate surface area is 168 Å². The molecule has 1 aromatic heterocycles. The molecule has 1 aliphatic carbocycles. The van der Waals surface area contributed by atoms with Crippen LogP contribution in [0.5, 0.6) is 5.75 Å². The molecular formula is C21H26N4O4. The Bertz CT molecular complexity index is 1040. The lowest BCUT2D eigenvalue weighted by Crippen LogP contribution is -2.53. The molecule has 3 heterocycles. The van der Waals surface area contributed by atoms with Crippen molar-refractivity contribution in [3.05, 3.63) is 56.4 Å². The Balaban J connectivity index is 1.33. The fourth-order valence-corrected chi connectivity index (χ4v) is 4.41. The van der Waals surface area contributed by atoms with E-state index in [-0.39, 0.29) is 6.61 Å². The molecule has 8 nitrogen and oxygen atoms in total. The highest BCUT2D eigenvalue weighted by molar-refractivity contribution is 5.28. The minimum atomic E-state index is -0.510. The summed E-state index contributed by atoms with van der Waals surface area (Å²) in [5, 5.41) is 4.43. The van der Waals surface area contributed by atoms with Gasteiger partial charge >= 0.3 is 11.1 Å². The molecule has 0 amide bonds. The van der Waals surface area contributed by atoms with E-state index in [9.17, 15) is 9.59 Å². The van der Waals surface area contributed by atoms with E-state index in [2.05, 4.69) is 16.1 Å². The molecule has 29 heavy (non-hydrogen) atoms. The van der Waals surface area contributed by atoms with Crippen molar-refractivity contribution >= 4 is 0 Å². The van der Waals surface area contributed by atoms with Crippen LogP contribution >= 0.6 is 0 Å². The van der Waals surface area contributed by atoms with Crippen LogP contribution in [0.25, 0.3) is 0 Å². The lowest BCUT2D eigenvalue weighted by molar-refractivity contribution is -0.0859. The molecule has 5 rings (SSSR count). The first-order valence-corrected chi connectivity index (χ1v) is 10.3. The van der Waals surface area contributed by atoms with Crippen LogP contribution in [0.2, 0.25) is 0 Å². The van der Waals surface area contributed by atoms with Crippen molar-refractivity contribution in [2.45, 2.75) is 51.1 Å². The largest absolute Gasteiger partial charge is 0.497 e. The first-order valence-electron chi connectivity index (χ1n) is 10.3. The van der Waals surface area contributed by atoms with Gasteiger partial charge in [-0.3, -0.25) is 19.1 Å². The van der Waals surface area contributed by atoms with Gasteiger partial charge in [0.05, 0.1) is 13.7 Å². The summed E-state index contributed by atoms with van der Waals surface area (Å²) < 4.78 is 14.4. The zero-order valence-corrected chi connectivity index (χ0v) is 16.7. The Morgan fingerprint density at radius 1 is 1.24 bits per heavy atom. The Morgan fingerprint density at radius 3 is 2.90 bits per heavy atom. The van der Waals surface area contributed by atoms with E-state index in [0.29, 0.717) is 24.8 Å². The van der Waals surface area contributed by atoms with Crippen molar-refractivity contribution in [2.24, 2.45) is 5.92 Å². The van der Waals surface area contributed by atoms with Crippen molar-refractivity contribution < 1.29 is 9.47 Å². The predicted molar refractivity (Wildman–Crippen MR) is 106 cm³/mol. The third kappa shape index (κ3) is 3.62. The summed E-state index contributed by atoms with van der Waals surface area (Å²) in [5.41, 5.74) is -0.236. The fourth-order valence-electron chi connectivity index (χ4n) is 4.41. The molecule has 8 heteroatoms. The number of benzene rings is 1. The van der Waals surface area contributed by atoms with Gasteiger partial charge < -0.3 is 9.47 Å². The summed E-state index contributed by atoms with van der Waals surface area (Å²) in [4.78, 5) is 27.5. The van der Waals surface area contributed by atoms with Crippen LogP contribution in [-0.4, -0.2) is 45.0 Å². The molecule has 2 aliphatic heterocycles. The molecule has 0 radical (unpaired) electrons. The average molecular weight is 398 g/mol. The fraction of sp³-hybridized carbons (Fsp3) is 0.571. The highest BCUT2D eigenvalue weighted by Crippen LogP contribution is 2.33. The lowest BCUT2D eigenvalue weighted by atomic mass is 10.0. The van der Waals surface area contributed by atoms with Crippen molar-refractivity contribution in [3.63, 3.8) is 0 Å². The van der Waals surface area contributed by atoms with Gasteiger partial charge in [-0.2, -0.15) is 5.10 Å². The smallest absolute Gasteiger partial charge is 0.332 e. The maximum atomic E-state index is 12.7. The highest BCUT2D eigenvalue weighted by atomic mass is 16.5. The van der Waals surface area contributed by atoms with Gasteiger partial charge in [0.25, 0.3) is 0 Å². The summed E-state index contributed by atoms with van der Waals surface area (Å²) in [6, 6.07) is 8.05. The number of fused-ring (bicyclic) bond motifs is 1. The molecule has 1 spiro atoms. The molecule has 3 aliphatic rings. The van der Waals surface area contributed by atoms with Crippen molar-refractivity contribution in [2.75, 3.05) is 20.2 Å². The van der Waals surface area contributed by atoms with Gasteiger partial charge in [-0.05, 0) is 42.9 Å². The molecule has 1 unspecified atom stereocenters. The van der Waals surface area contributed by atoms with Crippen LogP contribution < -0.4 is 15.9 Å². The van der Waals surface area contributed by atoms with Gasteiger partial charge in [-0.15, -0.1) is 0 Å². The first kappa shape index (κ1) is 18.6. The van der Waals surface area contributed by atoms with Crippen LogP contribution in [0, 0.1) is 5.92 Å². The number of rotatable bonds is 5. The van der Waals surface area contributed by atoms with E-state index in [1.807, 2.05) is 18.2 Å². The van der Waals surface area contributed by atoms with Crippen LogP contribution in [0.4, 0.5) is 0 Å². The van der Waals surface area contributed by atoms with Crippen molar-refractivity contribution in [1.29, 1.82) is 0 Å². The van der Waals surface area contributed by atoms with Gasteiger partial charge in [0.15, 0.2) is 5.82 Å². The normalized spacial score (nSPS) is 24.0. The molecule has 1 saturated carbocycles. The number of methoxy groups -OCH3 is 1. The standard InChI is InChI=1S/C21H26N4O4/c1-28-17-4-2-3-16(9-17)10-23-8-7-21(13-23)14-24-18(12-29-21)22-25(11-15-5-6-15)20(27)19(24)26/h2-4,9,15H,5-8,10-14H2,1H3. The van der Waals surface area contributed by atoms with Gasteiger partial charge in [-0.1, -0.05) is 12.1 Å². The molecule has 1 saturated heterocycles. The molecule has 154 valence electrons. The van der Waals surface area contributed by atoms with Crippen LogP contribution in [0.15, 0.2) is 33.9 Å². The van der Waals surface area contributed by atoms with E-state index >= 15 is 0 Å². The Morgan fingerprint density at radius 2 is 2.10 bits per heavy atom. The van der Waals surface area contributed by atoms with E-state index in [1.165, 1.54) is 10.2 Å². The quantitative estimate of drug-likeness (QED) is 0.700. The molecule has 2 aromatic rings. The number of aromatic nitrogens is 3. The molecule has 1 atom stereocenters. The zero-order valence-electron chi connectivity index (χ0n) is 16.7. The highest BCUT2D eigenvalue weighted by Gasteiger charge is 2.43. The number of hydrogen-bond donors (Lipinski definition) is 0. The number of ether oxygens (including phenoxy) is 2. The lowest BCUT2D eigenvalue weighted by Gasteiger charge is -2.35. The SMILES string of the molecule is COc1cccc(CN2CCC3(C2)Cn2c(nn(CC4CC4)c(=O)c2=O)CO3)c1. The van der Waals surface area contributed by atoms with Crippen LogP contribution in [0.3, 0.4) is 0 Å². The number of likely N-dealkylation sites (tertiary alicyclic amines) is 1. The second-order valence-corrected chi connectivity index (χ2v) is 8.52. The topological polar surface area (TPSA) is 78.6 Å². The molecule has 0 N–H and O–H groups in total. The van der Waals surface area contributed by atoms with Gasteiger partial charge in [0, 0.05) is 26.2 Å². The zero-order chi connectivity index (χ0) is 20.0. The third-order valence-electron chi connectivity index (χ3n) is 6.23. The summed E-state index contributed by atoms with van der Waals surface area (Å²) >= 11 is 0. The second kappa shape index (κ2) is 7.11. The van der Waals surface area contributed by atoms with E-state index in [1.54, 1.807) is 11.7 Å². The summed E-state index contributed by atoms with van der Waals surface area (Å²) in [6.45, 7) is 3.61. The number of hydrogen-bond acceptors (Lipinski definition) is 6. The van der Waals surface area contributed by atoms with E-state index in [0.717, 1.165) is 44.6 Å². The monoisotopic (exact) mass is 398 g/mol. The van der Waals surface area contributed by atoms with Gasteiger partial charge in [0.1, 0.15) is 18.0 Å². The van der Waals surface area contributed by atoms with E-state index in [4.69, 9.17) is 9.47 Å². The Kier molecular flexibility index (Phi) is 4.55. The molecule has 2 fully saturated rings. The average Bonchev–Trinajstić information content (AvgIpc) is 3.47. The minimum absolute atomic E-state index is 0.271. The van der Waals surface area contributed by atoms with Crippen LogP contribution in [0.1, 0.15) is 30.7 Å². The molecular weight excluding hydrogens is 372 g/mol.